The zero-order chi connectivity index (χ0) is 44.2. The van der Waals surface area contributed by atoms with Crippen LogP contribution in [-0.4, -0.2) is 0 Å². The molecule has 8 aromatic rings. The van der Waals surface area contributed by atoms with E-state index in [1.807, 2.05) is 0 Å². The zero-order valence-corrected chi connectivity index (χ0v) is 39.0. The second kappa shape index (κ2) is 14.4. The summed E-state index contributed by atoms with van der Waals surface area (Å²) in [4.78, 5) is 2.65. The van der Waals surface area contributed by atoms with Crippen molar-refractivity contribution in [2.45, 2.75) is 108 Å². The van der Waals surface area contributed by atoms with E-state index >= 15 is 0 Å². The number of hydrogen-bond donors (Lipinski definition) is 0. The van der Waals surface area contributed by atoms with Crippen LogP contribution >= 0.6 is 0 Å². The Bertz CT molecular complexity index is 3060. The van der Waals surface area contributed by atoms with E-state index < -0.39 is 5.41 Å². The van der Waals surface area contributed by atoms with Crippen molar-refractivity contribution in [3.63, 3.8) is 0 Å². The van der Waals surface area contributed by atoms with Crippen molar-refractivity contribution in [2.24, 2.45) is 0 Å². The highest BCUT2D eigenvalue weighted by Gasteiger charge is 2.48. The third-order valence-electron chi connectivity index (χ3n) is 16.1. The van der Waals surface area contributed by atoms with E-state index in [9.17, 15) is 0 Å². The molecule has 0 N–H and O–H groups in total. The Morgan fingerprint density at radius 1 is 0.344 bits per heavy atom. The minimum absolute atomic E-state index is 0.0147. The smallest absolute Gasteiger partial charge is 0.0714 e. The first-order valence-corrected chi connectivity index (χ1v) is 23.7. The first kappa shape index (κ1) is 40.6. The molecule has 64 heavy (non-hydrogen) atoms. The average Bonchev–Trinajstić information content (AvgIpc) is 3.60. The molecular weight excluding hydrogens is 771 g/mol. The van der Waals surface area contributed by atoms with Crippen molar-refractivity contribution in [3.8, 4) is 22.3 Å². The molecule has 0 heterocycles. The summed E-state index contributed by atoms with van der Waals surface area (Å²) in [6, 6.07) is 67.6. The molecule has 318 valence electrons. The highest BCUT2D eigenvalue weighted by atomic mass is 15.1. The van der Waals surface area contributed by atoms with E-state index in [2.05, 4.69) is 236 Å². The normalized spacial score (nSPS) is 18.1. The summed E-state index contributed by atoms with van der Waals surface area (Å²) in [5.41, 5.74) is 19.6. The second-order valence-corrected chi connectivity index (χ2v) is 21.8. The van der Waals surface area contributed by atoms with E-state index in [1.165, 1.54) is 107 Å². The quantitative estimate of drug-likeness (QED) is 0.161. The number of rotatable bonds is 6. The van der Waals surface area contributed by atoms with E-state index in [1.54, 1.807) is 0 Å². The first-order chi connectivity index (χ1) is 30.7. The van der Waals surface area contributed by atoms with Crippen LogP contribution in [0.2, 0.25) is 0 Å². The lowest BCUT2D eigenvalue weighted by Gasteiger charge is -2.44. The fraction of sp³-hybridized carbons (Fsp3) is 0.270. The van der Waals surface area contributed by atoms with E-state index in [4.69, 9.17) is 0 Å². The Balaban J connectivity index is 1.33. The molecule has 0 bridgehead atoms. The molecule has 0 fully saturated rings. The molecule has 0 saturated carbocycles. The van der Waals surface area contributed by atoms with Gasteiger partial charge < -0.3 is 4.90 Å². The minimum Gasteiger partial charge on any atom is -0.309 e. The van der Waals surface area contributed by atoms with Crippen LogP contribution in [0.25, 0.3) is 33.0 Å². The lowest BCUT2D eigenvalue weighted by Crippen LogP contribution is -2.34. The van der Waals surface area contributed by atoms with Gasteiger partial charge in [0.05, 0.1) is 16.8 Å². The lowest BCUT2D eigenvalue weighted by molar-refractivity contribution is 0.332. The molecule has 1 nitrogen and oxygen atoms in total. The van der Waals surface area contributed by atoms with Gasteiger partial charge in [-0.3, -0.25) is 0 Å². The molecule has 0 amide bonds. The van der Waals surface area contributed by atoms with Crippen molar-refractivity contribution in [3.05, 3.63) is 220 Å². The summed E-state index contributed by atoms with van der Waals surface area (Å²) in [6.07, 6.45) is 4.65. The van der Waals surface area contributed by atoms with Gasteiger partial charge in [-0.15, -0.1) is 0 Å². The Kier molecular flexibility index (Phi) is 9.14. The van der Waals surface area contributed by atoms with Gasteiger partial charge in [0.1, 0.15) is 0 Å². The van der Waals surface area contributed by atoms with Crippen LogP contribution in [-0.2, 0) is 27.1 Å². The summed E-state index contributed by atoms with van der Waals surface area (Å²) in [5, 5.41) is 2.48. The molecule has 0 spiro atoms. The van der Waals surface area contributed by atoms with Gasteiger partial charge in [-0.05, 0) is 144 Å². The highest BCUT2D eigenvalue weighted by molar-refractivity contribution is 6.03. The number of benzene rings is 8. The van der Waals surface area contributed by atoms with E-state index in [0.29, 0.717) is 0 Å². The van der Waals surface area contributed by atoms with Gasteiger partial charge in [0.15, 0.2) is 0 Å². The molecule has 0 aromatic heterocycles. The number of hydrogen-bond acceptors (Lipinski definition) is 1. The van der Waals surface area contributed by atoms with Gasteiger partial charge >= 0.3 is 0 Å². The van der Waals surface area contributed by atoms with Crippen molar-refractivity contribution < 1.29 is 0 Å². The molecule has 0 radical (unpaired) electrons. The topological polar surface area (TPSA) is 3.24 Å². The van der Waals surface area contributed by atoms with E-state index in [0.717, 1.165) is 12.8 Å². The lowest BCUT2D eigenvalue weighted by atomic mass is 9.61. The van der Waals surface area contributed by atoms with Crippen LogP contribution in [0.3, 0.4) is 0 Å². The SMILES string of the molecule is CC1(C)CCC(C)(C)c2cc(N(c3cc4c(cc3-c3cccc5c3C(C)(C)CCC5(C)C)-c3ccccc3C4(c3ccccc3)c3ccccc3)c3cccc4ccccc34)ccc21. The summed E-state index contributed by atoms with van der Waals surface area (Å²) in [6.45, 7) is 19.7. The monoisotopic (exact) mass is 831 g/mol. The molecular formula is C63H61N. The van der Waals surface area contributed by atoms with Crippen LogP contribution in [0.1, 0.15) is 126 Å². The predicted octanol–water partition coefficient (Wildman–Crippen LogP) is 17.0. The molecule has 0 saturated heterocycles. The van der Waals surface area contributed by atoms with Gasteiger partial charge in [0.25, 0.3) is 0 Å². The number of nitrogens with zero attached hydrogens (tertiary/aromatic N) is 1. The molecule has 1 heteroatoms. The largest absolute Gasteiger partial charge is 0.309 e. The molecule has 8 aromatic carbocycles. The second-order valence-electron chi connectivity index (χ2n) is 21.8. The molecule has 3 aliphatic rings. The minimum atomic E-state index is -0.550. The van der Waals surface area contributed by atoms with Crippen molar-refractivity contribution >= 4 is 27.8 Å². The summed E-state index contributed by atoms with van der Waals surface area (Å²) in [7, 11) is 0. The van der Waals surface area contributed by atoms with Crippen LogP contribution < -0.4 is 4.90 Å². The van der Waals surface area contributed by atoms with Gasteiger partial charge in [0, 0.05) is 16.6 Å². The Morgan fingerprint density at radius 3 is 1.61 bits per heavy atom. The van der Waals surface area contributed by atoms with Crippen molar-refractivity contribution in [1.82, 2.24) is 0 Å². The summed E-state index contributed by atoms with van der Waals surface area (Å²) >= 11 is 0. The van der Waals surface area contributed by atoms with E-state index in [-0.39, 0.29) is 21.7 Å². The van der Waals surface area contributed by atoms with Gasteiger partial charge in [-0.1, -0.05) is 201 Å². The standard InChI is InChI=1S/C63H61N/c1-59(2)35-36-61(5,6)55-39-45(33-34-52(55)59)64(56-32-19-22-42-21-15-16-27-46(42)56)57-41-54-49(40-50(57)48-29-20-31-53-58(48)62(7,8)38-37-60(53,3)4)47-28-17-18-30-51(47)63(54,43-23-11-9-12-24-43)44-25-13-10-14-26-44/h9-34,39-41H,35-38H2,1-8H3. The fourth-order valence-corrected chi connectivity index (χ4v) is 12.4. The third-order valence-corrected chi connectivity index (χ3v) is 16.1. The Hall–Kier alpha value is -6.18. The van der Waals surface area contributed by atoms with Crippen molar-refractivity contribution in [1.29, 1.82) is 0 Å². The van der Waals surface area contributed by atoms with Gasteiger partial charge in [0.2, 0.25) is 0 Å². The van der Waals surface area contributed by atoms with Crippen LogP contribution in [0, 0.1) is 0 Å². The van der Waals surface area contributed by atoms with Crippen LogP contribution in [0.15, 0.2) is 176 Å². The number of fused-ring (bicyclic) bond motifs is 6. The maximum Gasteiger partial charge on any atom is 0.0714 e. The Labute approximate surface area is 381 Å². The molecule has 0 atom stereocenters. The predicted molar refractivity (Wildman–Crippen MR) is 272 cm³/mol. The summed E-state index contributed by atoms with van der Waals surface area (Å²) < 4.78 is 0. The molecule has 3 aliphatic carbocycles. The van der Waals surface area contributed by atoms with Crippen LogP contribution in [0.5, 0.6) is 0 Å². The Morgan fingerprint density at radius 2 is 0.891 bits per heavy atom. The maximum absolute atomic E-state index is 2.65. The average molecular weight is 832 g/mol. The molecule has 0 aliphatic heterocycles. The zero-order valence-electron chi connectivity index (χ0n) is 39.0. The first-order valence-electron chi connectivity index (χ1n) is 23.7. The van der Waals surface area contributed by atoms with Gasteiger partial charge in [-0.2, -0.15) is 0 Å². The number of anilines is 3. The molecule has 0 unspecified atom stereocenters. The fourth-order valence-electron chi connectivity index (χ4n) is 12.4. The van der Waals surface area contributed by atoms with Crippen molar-refractivity contribution in [2.75, 3.05) is 4.90 Å². The van der Waals surface area contributed by atoms with Crippen LogP contribution in [0.4, 0.5) is 17.1 Å². The maximum atomic E-state index is 2.65. The van der Waals surface area contributed by atoms with Gasteiger partial charge in [-0.25, -0.2) is 0 Å². The molecule has 11 rings (SSSR count). The summed E-state index contributed by atoms with van der Waals surface area (Å²) in [5.74, 6) is 0. The third kappa shape index (κ3) is 6.03. The highest BCUT2D eigenvalue weighted by Crippen LogP contribution is 2.61.